The van der Waals surface area contributed by atoms with Crippen LogP contribution in [0, 0.1) is 0 Å². The molecule has 0 bridgehead atoms. The van der Waals surface area contributed by atoms with Crippen molar-refractivity contribution in [2.45, 2.75) is 25.7 Å². The Morgan fingerprint density at radius 2 is 2.10 bits per heavy atom. The summed E-state index contributed by atoms with van der Waals surface area (Å²) in [7, 11) is 1.89. The molecule has 1 aromatic heterocycles. The van der Waals surface area contributed by atoms with Crippen LogP contribution in [-0.2, 0) is 18.3 Å². The zero-order valence-electron chi connectivity index (χ0n) is 12.5. The van der Waals surface area contributed by atoms with Gasteiger partial charge in [-0.15, -0.1) is 0 Å². The van der Waals surface area contributed by atoms with E-state index in [-0.39, 0.29) is 11.8 Å². The summed E-state index contributed by atoms with van der Waals surface area (Å²) in [6.45, 7) is 2.69. The van der Waals surface area contributed by atoms with Gasteiger partial charge in [-0.25, -0.2) is 0 Å². The number of amides is 1. The van der Waals surface area contributed by atoms with Crippen molar-refractivity contribution in [3.05, 3.63) is 47.8 Å². The Morgan fingerprint density at radius 1 is 1.38 bits per heavy atom. The van der Waals surface area contributed by atoms with E-state index in [1.165, 1.54) is 0 Å². The van der Waals surface area contributed by atoms with Gasteiger partial charge in [0, 0.05) is 31.9 Å². The van der Waals surface area contributed by atoms with E-state index < -0.39 is 0 Å². The minimum absolute atomic E-state index is 0.0724. The molecule has 112 valence electrons. The molecule has 5 heteroatoms. The molecule has 5 nitrogen and oxygen atoms in total. The van der Waals surface area contributed by atoms with Crippen molar-refractivity contribution >= 4 is 11.6 Å². The minimum Gasteiger partial charge on any atom is -0.399 e. The first kappa shape index (κ1) is 15.1. The second-order valence-electron chi connectivity index (χ2n) is 5.39. The normalized spacial score (nSPS) is 12.1. The lowest BCUT2D eigenvalue weighted by molar-refractivity contribution is -0.121. The van der Waals surface area contributed by atoms with Crippen molar-refractivity contribution in [1.29, 1.82) is 0 Å². The van der Waals surface area contributed by atoms with E-state index in [9.17, 15) is 4.79 Å². The maximum atomic E-state index is 11.9. The standard InChI is InChI=1S/C16H22N4O/c1-12(14-3-5-15(17)6-4-14)9-16(21)18-8-7-13-10-19-20(2)11-13/h3-6,10-12H,7-9,17H2,1-2H3,(H,18,21). The molecule has 0 saturated carbocycles. The topological polar surface area (TPSA) is 72.9 Å². The summed E-state index contributed by atoms with van der Waals surface area (Å²) >= 11 is 0. The number of anilines is 1. The Morgan fingerprint density at radius 3 is 2.71 bits per heavy atom. The Kier molecular flexibility index (Phi) is 4.98. The van der Waals surface area contributed by atoms with Gasteiger partial charge in [-0.1, -0.05) is 19.1 Å². The molecule has 1 amide bonds. The molecule has 0 radical (unpaired) electrons. The first-order valence-electron chi connectivity index (χ1n) is 7.14. The van der Waals surface area contributed by atoms with Crippen molar-refractivity contribution in [3.8, 4) is 0 Å². The molecule has 21 heavy (non-hydrogen) atoms. The third kappa shape index (κ3) is 4.63. The number of hydrogen-bond donors (Lipinski definition) is 2. The highest BCUT2D eigenvalue weighted by Crippen LogP contribution is 2.19. The van der Waals surface area contributed by atoms with Gasteiger partial charge in [0.25, 0.3) is 0 Å². The van der Waals surface area contributed by atoms with Crippen LogP contribution in [0.15, 0.2) is 36.7 Å². The molecular weight excluding hydrogens is 264 g/mol. The van der Waals surface area contributed by atoms with Gasteiger partial charge in [-0.05, 0) is 35.6 Å². The minimum atomic E-state index is 0.0724. The predicted molar refractivity (Wildman–Crippen MR) is 83.8 cm³/mol. The number of nitrogens with two attached hydrogens (primary N) is 1. The molecule has 1 aromatic carbocycles. The fourth-order valence-electron chi connectivity index (χ4n) is 2.24. The Balaban J connectivity index is 1.75. The summed E-state index contributed by atoms with van der Waals surface area (Å²) in [6, 6.07) is 7.68. The first-order chi connectivity index (χ1) is 10.0. The molecule has 0 aliphatic heterocycles. The summed E-state index contributed by atoms with van der Waals surface area (Å²) in [6.07, 6.45) is 5.07. The fraction of sp³-hybridized carbons (Fsp3) is 0.375. The van der Waals surface area contributed by atoms with Crippen molar-refractivity contribution in [3.63, 3.8) is 0 Å². The highest BCUT2D eigenvalue weighted by Gasteiger charge is 2.10. The fourth-order valence-corrected chi connectivity index (χ4v) is 2.24. The van der Waals surface area contributed by atoms with Crippen LogP contribution in [0.4, 0.5) is 5.69 Å². The third-order valence-corrected chi connectivity index (χ3v) is 3.49. The van der Waals surface area contributed by atoms with Crippen molar-refractivity contribution < 1.29 is 4.79 Å². The SMILES string of the molecule is CC(CC(=O)NCCc1cnn(C)c1)c1ccc(N)cc1. The van der Waals surface area contributed by atoms with Gasteiger partial charge in [0.15, 0.2) is 0 Å². The quantitative estimate of drug-likeness (QED) is 0.796. The van der Waals surface area contributed by atoms with Crippen LogP contribution < -0.4 is 11.1 Å². The molecule has 0 fully saturated rings. The third-order valence-electron chi connectivity index (χ3n) is 3.49. The Hall–Kier alpha value is -2.30. The van der Waals surface area contributed by atoms with Gasteiger partial charge in [0.2, 0.25) is 5.91 Å². The average molecular weight is 286 g/mol. The number of nitrogens with zero attached hydrogens (tertiary/aromatic N) is 2. The number of aromatic nitrogens is 2. The van der Waals surface area contributed by atoms with Gasteiger partial charge in [-0.3, -0.25) is 9.48 Å². The van der Waals surface area contributed by atoms with E-state index >= 15 is 0 Å². The summed E-state index contributed by atoms with van der Waals surface area (Å²) in [5, 5.41) is 7.06. The first-order valence-corrected chi connectivity index (χ1v) is 7.14. The smallest absolute Gasteiger partial charge is 0.220 e. The lowest BCUT2D eigenvalue weighted by atomic mass is 9.97. The number of rotatable bonds is 6. The summed E-state index contributed by atoms with van der Waals surface area (Å²) in [4.78, 5) is 11.9. The van der Waals surface area contributed by atoms with E-state index in [0.717, 1.165) is 23.2 Å². The molecule has 3 N–H and O–H groups in total. The maximum Gasteiger partial charge on any atom is 0.220 e. The van der Waals surface area contributed by atoms with Gasteiger partial charge >= 0.3 is 0 Å². The number of nitrogens with one attached hydrogen (secondary N) is 1. The van der Waals surface area contributed by atoms with Crippen LogP contribution in [0.2, 0.25) is 0 Å². The van der Waals surface area contributed by atoms with Crippen molar-refractivity contribution in [2.24, 2.45) is 7.05 Å². The monoisotopic (exact) mass is 286 g/mol. The van der Waals surface area contributed by atoms with Crippen LogP contribution in [-0.4, -0.2) is 22.2 Å². The number of hydrogen-bond acceptors (Lipinski definition) is 3. The van der Waals surface area contributed by atoms with Gasteiger partial charge in [-0.2, -0.15) is 5.10 Å². The van der Waals surface area contributed by atoms with E-state index in [2.05, 4.69) is 10.4 Å². The molecule has 2 aromatic rings. The predicted octanol–water partition coefficient (Wildman–Crippen LogP) is 1.85. The van der Waals surface area contributed by atoms with E-state index in [1.807, 2.05) is 50.6 Å². The van der Waals surface area contributed by atoms with Crippen LogP contribution in [0.3, 0.4) is 0 Å². The number of aryl methyl sites for hydroxylation is 1. The molecule has 1 heterocycles. The average Bonchev–Trinajstić information content (AvgIpc) is 2.85. The highest BCUT2D eigenvalue weighted by molar-refractivity contribution is 5.76. The van der Waals surface area contributed by atoms with Gasteiger partial charge < -0.3 is 11.1 Å². The second kappa shape index (κ2) is 6.92. The molecule has 0 spiro atoms. The van der Waals surface area contributed by atoms with Crippen LogP contribution in [0.1, 0.15) is 30.4 Å². The second-order valence-corrected chi connectivity index (χ2v) is 5.39. The summed E-state index contributed by atoms with van der Waals surface area (Å²) in [5.74, 6) is 0.257. The van der Waals surface area contributed by atoms with Crippen LogP contribution in [0.25, 0.3) is 0 Å². The van der Waals surface area contributed by atoms with Crippen molar-refractivity contribution in [2.75, 3.05) is 12.3 Å². The largest absolute Gasteiger partial charge is 0.399 e. The number of nitrogen functional groups attached to an aromatic ring is 1. The number of carbonyl (C=O) groups excluding carboxylic acids is 1. The number of benzene rings is 1. The van der Waals surface area contributed by atoms with E-state index in [4.69, 9.17) is 5.73 Å². The highest BCUT2D eigenvalue weighted by atomic mass is 16.1. The van der Waals surface area contributed by atoms with E-state index in [0.29, 0.717) is 13.0 Å². The molecule has 1 unspecified atom stereocenters. The molecule has 1 atom stereocenters. The zero-order chi connectivity index (χ0) is 15.2. The van der Waals surface area contributed by atoms with Crippen molar-refractivity contribution in [1.82, 2.24) is 15.1 Å². The molecule has 0 saturated heterocycles. The summed E-state index contributed by atoms with van der Waals surface area (Å²) < 4.78 is 1.76. The Labute approximate surface area is 125 Å². The molecular formula is C16H22N4O. The van der Waals surface area contributed by atoms with Gasteiger partial charge in [0.05, 0.1) is 6.20 Å². The lowest BCUT2D eigenvalue weighted by Crippen LogP contribution is -2.26. The van der Waals surface area contributed by atoms with E-state index in [1.54, 1.807) is 4.68 Å². The van der Waals surface area contributed by atoms with Crippen LogP contribution in [0.5, 0.6) is 0 Å². The molecule has 2 rings (SSSR count). The Bertz CT molecular complexity index is 589. The zero-order valence-corrected chi connectivity index (χ0v) is 12.5. The van der Waals surface area contributed by atoms with Gasteiger partial charge in [0.1, 0.15) is 0 Å². The molecule has 0 aliphatic rings. The van der Waals surface area contributed by atoms with Crippen LogP contribution >= 0.6 is 0 Å². The summed E-state index contributed by atoms with van der Waals surface area (Å²) in [5.41, 5.74) is 8.67. The number of carbonyl (C=O) groups is 1. The molecule has 0 aliphatic carbocycles. The lowest BCUT2D eigenvalue weighted by Gasteiger charge is -2.12. The maximum absolute atomic E-state index is 11.9.